The van der Waals surface area contributed by atoms with Gasteiger partial charge in [0.05, 0.1) is 0 Å². The normalized spacial score (nSPS) is 9.12. The van der Waals surface area contributed by atoms with Crippen molar-refractivity contribution in [3.63, 3.8) is 0 Å². The average Bonchev–Trinajstić information content (AvgIpc) is 1.90. The zero-order valence-corrected chi connectivity index (χ0v) is 5.56. The van der Waals surface area contributed by atoms with E-state index >= 15 is 0 Å². The lowest BCUT2D eigenvalue weighted by Gasteiger charge is -1.81. The summed E-state index contributed by atoms with van der Waals surface area (Å²) in [5, 5.41) is 0. The molecule has 0 bridgehead atoms. The zero-order chi connectivity index (χ0) is 5.82. The van der Waals surface area contributed by atoms with Gasteiger partial charge in [0, 0.05) is 18.4 Å². The maximum absolute atomic E-state index is 2.04. The molecule has 0 aromatic carbocycles. The van der Waals surface area contributed by atoms with Crippen LogP contribution < -0.4 is 3.97 Å². The monoisotopic (exact) mass is 126 g/mol. The van der Waals surface area contributed by atoms with Crippen LogP contribution in [0.5, 0.6) is 0 Å². The van der Waals surface area contributed by atoms with Gasteiger partial charge in [-0.15, -0.1) is 3.97 Å². The Morgan fingerprint density at radius 2 is 1.75 bits per heavy atom. The van der Waals surface area contributed by atoms with Crippen LogP contribution in [0, 0.1) is 0 Å². The molecule has 0 atom stereocenters. The van der Waals surface area contributed by atoms with Crippen molar-refractivity contribution in [2.24, 2.45) is 0 Å². The van der Waals surface area contributed by atoms with Crippen LogP contribution in [0.2, 0.25) is 0 Å². The summed E-state index contributed by atoms with van der Waals surface area (Å²) in [4.78, 5) is 0. The summed E-state index contributed by atoms with van der Waals surface area (Å²) in [5.74, 6) is 0. The Morgan fingerprint density at radius 3 is 2.12 bits per heavy atom. The van der Waals surface area contributed by atoms with Crippen LogP contribution in [-0.4, -0.2) is 6.26 Å². The van der Waals surface area contributed by atoms with Crippen LogP contribution in [0.1, 0.15) is 0 Å². The van der Waals surface area contributed by atoms with Gasteiger partial charge in [0.25, 0.3) is 0 Å². The molecule has 42 valence electrons. The summed E-state index contributed by atoms with van der Waals surface area (Å²) in [6, 6.07) is 6.03. The SMILES string of the molecule is CS[n+]1ccccc1. The van der Waals surface area contributed by atoms with Crippen molar-refractivity contribution in [1.29, 1.82) is 0 Å². The molecule has 1 aromatic heterocycles. The van der Waals surface area contributed by atoms with E-state index in [0.717, 1.165) is 0 Å². The summed E-state index contributed by atoms with van der Waals surface area (Å²) in [5.41, 5.74) is 0. The number of hydrogen-bond donors (Lipinski definition) is 0. The molecule has 0 saturated carbocycles. The van der Waals surface area contributed by atoms with Crippen molar-refractivity contribution in [2.75, 3.05) is 6.26 Å². The third kappa shape index (κ3) is 1.23. The highest BCUT2D eigenvalue weighted by molar-refractivity contribution is 7.92. The van der Waals surface area contributed by atoms with Gasteiger partial charge in [0.1, 0.15) is 0 Å². The summed E-state index contributed by atoms with van der Waals surface area (Å²) in [6.45, 7) is 0. The van der Waals surface area contributed by atoms with Gasteiger partial charge in [-0.25, -0.2) is 0 Å². The van der Waals surface area contributed by atoms with Gasteiger partial charge in [-0.05, 0) is 0 Å². The zero-order valence-electron chi connectivity index (χ0n) is 4.74. The second-order valence-corrected chi connectivity index (χ2v) is 2.20. The topological polar surface area (TPSA) is 3.88 Å². The molecule has 0 unspecified atom stereocenters. The second kappa shape index (κ2) is 2.72. The van der Waals surface area contributed by atoms with Crippen molar-refractivity contribution in [3.05, 3.63) is 30.6 Å². The average molecular weight is 126 g/mol. The third-order valence-electron chi connectivity index (χ3n) is 0.899. The van der Waals surface area contributed by atoms with E-state index in [1.807, 2.05) is 40.8 Å². The standard InChI is InChI=1S/C6H8NS/c1-8-7-5-3-2-4-6-7/h2-6H,1H3/q+1. The fourth-order valence-electron chi connectivity index (χ4n) is 0.505. The summed E-state index contributed by atoms with van der Waals surface area (Å²) >= 11 is 1.69. The Kier molecular flexibility index (Phi) is 1.92. The highest BCUT2D eigenvalue weighted by Crippen LogP contribution is 1.83. The van der Waals surface area contributed by atoms with Crippen LogP contribution in [0.3, 0.4) is 0 Å². The molecule has 1 rings (SSSR count). The van der Waals surface area contributed by atoms with Crippen molar-refractivity contribution in [1.82, 2.24) is 0 Å². The highest BCUT2D eigenvalue weighted by atomic mass is 32.2. The van der Waals surface area contributed by atoms with Gasteiger partial charge < -0.3 is 0 Å². The van der Waals surface area contributed by atoms with Gasteiger partial charge in [-0.1, -0.05) is 6.07 Å². The molecule has 0 spiro atoms. The maximum atomic E-state index is 2.04. The molecule has 0 N–H and O–H groups in total. The first kappa shape index (κ1) is 5.63. The van der Waals surface area contributed by atoms with Crippen molar-refractivity contribution in [2.45, 2.75) is 0 Å². The van der Waals surface area contributed by atoms with Crippen LogP contribution in [0.15, 0.2) is 30.6 Å². The fraction of sp³-hybridized carbons (Fsp3) is 0.167. The van der Waals surface area contributed by atoms with E-state index in [0.29, 0.717) is 0 Å². The number of rotatable bonds is 1. The Labute approximate surface area is 53.5 Å². The number of hydrogen-bond acceptors (Lipinski definition) is 1. The number of nitrogens with zero attached hydrogens (tertiary/aromatic N) is 1. The molecule has 2 heteroatoms. The maximum Gasteiger partial charge on any atom is 0.183 e. The molecular weight excluding hydrogens is 118 g/mol. The molecule has 0 fully saturated rings. The van der Waals surface area contributed by atoms with Crippen molar-refractivity contribution >= 4 is 11.9 Å². The van der Waals surface area contributed by atoms with Crippen molar-refractivity contribution < 1.29 is 3.97 Å². The molecule has 0 radical (unpaired) electrons. The first-order valence-corrected chi connectivity index (χ1v) is 3.62. The summed E-state index contributed by atoms with van der Waals surface area (Å²) in [7, 11) is 0. The molecule has 8 heavy (non-hydrogen) atoms. The van der Waals surface area contributed by atoms with E-state index < -0.39 is 0 Å². The van der Waals surface area contributed by atoms with Crippen LogP contribution in [-0.2, 0) is 0 Å². The predicted molar refractivity (Wildman–Crippen MR) is 35.6 cm³/mol. The molecule has 1 heterocycles. The van der Waals surface area contributed by atoms with E-state index in [4.69, 9.17) is 0 Å². The second-order valence-electron chi connectivity index (χ2n) is 1.42. The number of pyridine rings is 1. The van der Waals surface area contributed by atoms with Gasteiger partial charge in [0.15, 0.2) is 24.3 Å². The molecule has 0 saturated heterocycles. The fourth-order valence-corrected chi connectivity index (χ4v) is 0.889. The molecular formula is C6H8NS+. The Bertz CT molecular complexity index is 150. The number of aromatic nitrogens is 1. The minimum Gasteiger partial charge on any atom is -0.134 e. The first-order chi connectivity index (χ1) is 3.93. The van der Waals surface area contributed by atoms with Gasteiger partial charge in [-0.2, -0.15) is 0 Å². The quantitative estimate of drug-likeness (QED) is 0.510. The molecule has 1 aromatic rings. The first-order valence-electron chi connectivity index (χ1n) is 2.44. The third-order valence-corrected chi connectivity index (χ3v) is 1.56. The molecule has 0 amide bonds. The van der Waals surface area contributed by atoms with Gasteiger partial charge >= 0.3 is 0 Å². The van der Waals surface area contributed by atoms with Gasteiger partial charge in [0.2, 0.25) is 0 Å². The molecule has 0 aliphatic carbocycles. The minimum atomic E-state index is 1.69. The van der Waals surface area contributed by atoms with Crippen LogP contribution in [0.25, 0.3) is 0 Å². The largest absolute Gasteiger partial charge is 0.183 e. The van der Waals surface area contributed by atoms with Crippen LogP contribution >= 0.6 is 11.9 Å². The van der Waals surface area contributed by atoms with E-state index in [1.165, 1.54) is 0 Å². The van der Waals surface area contributed by atoms with E-state index in [9.17, 15) is 0 Å². The lowest BCUT2D eigenvalue weighted by molar-refractivity contribution is -0.493. The lowest BCUT2D eigenvalue weighted by atomic mass is 10.5. The van der Waals surface area contributed by atoms with E-state index in [2.05, 4.69) is 0 Å². The smallest absolute Gasteiger partial charge is 0.134 e. The van der Waals surface area contributed by atoms with E-state index in [-0.39, 0.29) is 0 Å². The predicted octanol–water partition coefficient (Wildman–Crippen LogP) is 1.10. The Morgan fingerprint density at radius 1 is 1.12 bits per heavy atom. The van der Waals surface area contributed by atoms with E-state index in [1.54, 1.807) is 11.9 Å². The minimum absolute atomic E-state index is 1.69. The summed E-state index contributed by atoms with van der Waals surface area (Å²) < 4.78 is 2.04. The lowest BCUT2D eigenvalue weighted by Crippen LogP contribution is -2.21. The molecule has 0 aliphatic rings. The Balaban J connectivity index is 2.83. The van der Waals surface area contributed by atoms with Gasteiger partial charge in [-0.3, -0.25) is 0 Å². The molecule has 1 nitrogen and oxygen atoms in total. The van der Waals surface area contributed by atoms with Crippen LogP contribution in [0.4, 0.5) is 0 Å². The Hall–Kier alpha value is -0.500. The van der Waals surface area contributed by atoms with Crippen molar-refractivity contribution in [3.8, 4) is 0 Å². The highest BCUT2D eigenvalue weighted by Gasteiger charge is 1.89. The molecule has 0 aliphatic heterocycles. The summed E-state index contributed by atoms with van der Waals surface area (Å²) in [6.07, 6.45) is 6.08.